The number of halogens is 1. The Kier molecular flexibility index (Phi) is 9.00. The van der Waals surface area contributed by atoms with E-state index in [2.05, 4.69) is 18.7 Å². The van der Waals surface area contributed by atoms with Gasteiger partial charge in [-0.1, -0.05) is 25.1 Å². The van der Waals surface area contributed by atoms with Crippen LogP contribution in [0, 0.1) is 12.7 Å². The minimum atomic E-state index is -0.593. The second-order valence-electron chi connectivity index (χ2n) is 8.17. The Balaban J connectivity index is 1.97. The van der Waals surface area contributed by atoms with Crippen molar-refractivity contribution in [3.8, 4) is 17.3 Å². The molecule has 0 unspecified atom stereocenters. The lowest BCUT2D eigenvalue weighted by molar-refractivity contribution is 0.0111. The van der Waals surface area contributed by atoms with Crippen LogP contribution in [0.1, 0.15) is 38.4 Å². The largest absolute Gasteiger partial charge is 0.439 e. The van der Waals surface area contributed by atoms with Crippen molar-refractivity contribution in [1.29, 1.82) is 0 Å². The number of aryl methyl sites for hydroxylation is 1. The van der Waals surface area contributed by atoms with E-state index in [9.17, 15) is 9.50 Å². The monoisotopic (exact) mass is 455 g/mol. The number of rotatable bonds is 12. The van der Waals surface area contributed by atoms with E-state index in [4.69, 9.17) is 14.6 Å². The van der Waals surface area contributed by atoms with Crippen LogP contribution in [-0.2, 0) is 11.3 Å². The lowest BCUT2D eigenvalue weighted by atomic mass is 10.1. The fraction of sp³-hybridized carbons (Fsp3) is 0.423. The molecule has 2 aromatic carbocycles. The molecule has 0 amide bonds. The fourth-order valence-electron chi connectivity index (χ4n) is 3.62. The summed E-state index contributed by atoms with van der Waals surface area (Å²) < 4.78 is 26.9. The summed E-state index contributed by atoms with van der Waals surface area (Å²) in [6.07, 6.45) is 0.339. The van der Waals surface area contributed by atoms with Gasteiger partial charge in [-0.25, -0.2) is 9.07 Å². The number of aliphatic hydroxyl groups is 1. The molecule has 7 heteroatoms. The topological polar surface area (TPSA) is 59.8 Å². The molecule has 0 saturated carbocycles. The third-order valence-corrected chi connectivity index (χ3v) is 5.70. The van der Waals surface area contributed by atoms with Crippen molar-refractivity contribution in [2.75, 3.05) is 19.8 Å². The van der Waals surface area contributed by atoms with E-state index in [1.165, 1.54) is 12.1 Å². The Morgan fingerprint density at radius 1 is 1.09 bits per heavy atom. The summed E-state index contributed by atoms with van der Waals surface area (Å²) in [5, 5.41) is 15.3. The summed E-state index contributed by atoms with van der Waals surface area (Å²) in [4.78, 5) is 2.22. The van der Waals surface area contributed by atoms with E-state index in [1.54, 1.807) is 16.8 Å². The average Bonchev–Trinajstić information content (AvgIpc) is 3.13. The molecule has 6 nitrogen and oxygen atoms in total. The normalized spacial score (nSPS) is 13.3. The van der Waals surface area contributed by atoms with Crippen molar-refractivity contribution >= 4 is 0 Å². The number of hydrogen-bond donors (Lipinski definition) is 1. The zero-order valence-electron chi connectivity index (χ0n) is 19.9. The van der Waals surface area contributed by atoms with Gasteiger partial charge in [0, 0.05) is 25.7 Å². The molecular weight excluding hydrogens is 421 g/mol. The SMILES string of the molecule is CCOC[C@@H](O)CN(Cc1c(C)nn(-c2ccccc2)c1Oc1ccc(F)cc1)[C@@H](C)CC. The fourth-order valence-corrected chi connectivity index (χ4v) is 3.62. The van der Waals surface area contributed by atoms with Crippen LogP contribution in [-0.4, -0.2) is 51.7 Å². The lowest BCUT2D eigenvalue weighted by Crippen LogP contribution is -2.40. The van der Waals surface area contributed by atoms with Gasteiger partial charge in [-0.05, 0) is 63.6 Å². The van der Waals surface area contributed by atoms with E-state index < -0.39 is 6.10 Å². The van der Waals surface area contributed by atoms with Crippen LogP contribution in [0.15, 0.2) is 54.6 Å². The molecule has 0 bridgehead atoms. The van der Waals surface area contributed by atoms with Gasteiger partial charge >= 0.3 is 0 Å². The van der Waals surface area contributed by atoms with Gasteiger partial charge in [-0.15, -0.1) is 0 Å². The number of hydrogen-bond acceptors (Lipinski definition) is 5. The van der Waals surface area contributed by atoms with E-state index >= 15 is 0 Å². The number of benzene rings is 2. The van der Waals surface area contributed by atoms with Gasteiger partial charge in [0.05, 0.1) is 29.7 Å². The highest BCUT2D eigenvalue weighted by Gasteiger charge is 2.24. The molecule has 0 spiro atoms. The molecule has 0 aliphatic rings. The van der Waals surface area contributed by atoms with Gasteiger partial charge in [0.1, 0.15) is 11.6 Å². The summed E-state index contributed by atoms with van der Waals surface area (Å²) in [6, 6.07) is 16.0. The average molecular weight is 456 g/mol. The first kappa shape index (κ1) is 24.9. The Bertz CT molecular complexity index is 992. The molecule has 178 valence electrons. The second kappa shape index (κ2) is 11.9. The number of para-hydroxylation sites is 1. The Labute approximate surface area is 195 Å². The van der Waals surface area contributed by atoms with Crippen molar-refractivity contribution in [1.82, 2.24) is 14.7 Å². The Morgan fingerprint density at radius 2 is 1.79 bits per heavy atom. The summed E-state index contributed by atoms with van der Waals surface area (Å²) in [5.74, 6) is 0.792. The van der Waals surface area contributed by atoms with E-state index in [1.807, 2.05) is 44.2 Å². The first-order valence-corrected chi connectivity index (χ1v) is 11.5. The Hall–Kier alpha value is -2.74. The van der Waals surface area contributed by atoms with Crippen molar-refractivity contribution in [3.63, 3.8) is 0 Å². The van der Waals surface area contributed by atoms with E-state index in [-0.39, 0.29) is 11.9 Å². The van der Waals surface area contributed by atoms with Crippen LogP contribution in [0.5, 0.6) is 11.6 Å². The highest BCUT2D eigenvalue weighted by molar-refractivity contribution is 5.43. The highest BCUT2D eigenvalue weighted by atomic mass is 19.1. The second-order valence-corrected chi connectivity index (χ2v) is 8.17. The number of nitrogens with zero attached hydrogens (tertiary/aromatic N) is 3. The summed E-state index contributed by atoms with van der Waals surface area (Å²) in [5.41, 5.74) is 2.63. The molecule has 0 fully saturated rings. The quantitative estimate of drug-likeness (QED) is 0.411. The molecule has 1 aromatic heterocycles. The molecular formula is C26H34FN3O3. The maximum Gasteiger partial charge on any atom is 0.227 e. The molecule has 3 rings (SSSR count). The van der Waals surface area contributed by atoms with E-state index in [0.29, 0.717) is 37.9 Å². The van der Waals surface area contributed by atoms with Gasteiger partial charge in [0.15, 0.2) is 0 Å². The van der Waals surface area contributed by atoms with Gasteiger partial charge in [0.2, 0.25) is 5.88 Å². The minimum Gasteiger partial charge on any atom is -0.439 e. The van der Waals surface area contributed by atoms with Crippen LogP contribution < -0.4 is 4.74 Å². The van der Waals surface area contributed by atoms with Crippen molar-refractivity contribution in [2.24, 2.45) is 0 Å². The zero-order valence-corrected chi connectivity index (χ0v) is 19.9. The maximum atomic E-state index is 13.4. The van der Waals surface area contributed by atoms with Gasteiger partial charge < -0.3 is 14.6 Å². The van der Waals surface area contributed by atoms with Crippen LogP contribution in [0.2, 0.25) is 0 Å². The molecule has 1 heterocycles. The zero-order chi connectivity index (χ0) is 23.8. The highest BCUT2D eigenvalue weighted by Crippen LogP contribution is 2.32. The van der Waals surface area contributed by atoms with Gasteiger partial charge in [-0.2, -0.15) is 5.10 Å². The molecule has 0 radical (unpaired) electrons. The van der Waals surface area contributed by atoms with Crippen LogP contribution >= 0.6 is 0 Å². The number of ether oxygens (including phenoxy) is 2. The summed E-state index contributed by atoms with van der Waals surface area (Å²) >= 11 is 0. The molecule has 0 aliphatic carbocycles. The van der Waals surface area contributed by atoms with Crippen molar-refractivity contribution < 1.29 is 19.0 Å². The van der Waals surface area contributed by atoms with Gasteiger partial charge in [0.25, 0.3) is 0 Å². The third-order valence-electron chi connectivity index (χ3n) is 5.70. The van der Waals surface area contributed by atoms with Gasteiger partial charge in [-0.3, -0.25) is 4.90 Å². The summed E-state index contributed by atoms with van der Waals surface area (Å²) in [7, 11) is 0. The van der Waals surface area contributed by atoms with Crippen molar-refractivity contribution in [2.45, 2.75) is 52.8 Å². The lowest BCUT2D eigenvalue weighted by Gasteiger charge is -2.30. The number of aliphatic hydroxyl groups excluding tert-OH is 1. The molecule has 1 N–H and O–H groups in total. The van der Waals surface area contributed by atoms with Crippen LogP contribution in [0.4, 0.5) is 4.39 Å². The smallest absolute Gasteiger partial charge is 0.227 e. The predicted molar refractivity (Wildman–Crippen MR) is 127 cm³/mol. The third kappa shape index (κ3) is 6.63. The van der Waals surface area contributed by atoms with Crippen LogP contribution in [0.3, 0.4) is 0 Å². The first-order chi connectivity index (χ1) is 15.9. The molecule has 3 aromatic rings. The van der Waals surface area contributed by atoms with Crippen molar-refractivity contribution in [3.05, 3.63) is 71.7 Å². The first-order valence-electron chi connectivity index (χ1n) is 11.5. The molecule has 2 atom stereocenters. The standard InChI is InChI=1S/C26H34FN3O3/c1-5-19(3)29(16-23(31)18-32-6-2)17-25-20(4)28-30(22-10-8-7-9-11-22)26(25)33-24-14-12-21(27)13-15-24/h7-15,19,23,31H,5-6,16-18H2,1-4H3/t19-,23-/m0/s1. The molecule has 0 aliphatic heterocycles. The Morgan fingerprint density at radius 3 is 2.42 bits per heavy atom. The predicted octanol–water partition coefficient (Wildman–Crippen LogP) is 5.11. The number of aromatic nitrogens is 2. The van der Waals surface area contributed by atoms with E-state index in [0.717, 1.165) is 23.4 Å². The van der Waals surface area contributed by atoms with Crippen LogP contribution in [0.25, 0.3) is 5.69 Å². The summed E-state index contributed by atoms with van der Waals surface area (Å²) in [6.45, 7) is 10.0. The maximum absolute atomic E-state index is 13.4. The molecule has 0 saturated heterocycles. The minimum absolute atomic E-state index is 0.236. The molecule has 33 heavy (non-hydrogen) atoms.